The minimum absolute atomic E-state index is 0. The molecule has 9 aliphatic rings. The first kappa shape index (κ1) is 87.9. The van der Waals surface area contributed by atoms with Gasteiger partial charge in [0.15, 0.2) is 17.0 Å². The molecule has 19 rings (SSSR count). The fourth-order valence-corrected chi connectivity index (χ4v) is 24.4. The van der Waals surface area contributed by atoms with Gasteiger partial charge in [-0.05, 0) is 218 Å². The number of carbonyl (C=O) groups is 2. The van der Waals surface area contributed by atoms with E-state index in [0.29, 0.717) is 23.9 Å². The van der Waals surface area contributed by atoms with Crippen LogP contribution in [0.15, 0.2) is 245 Å². The number of nitrogens with zero attached hydrogens (tertiary/aromatic N) is 6. The molecular weight excluding hydrogens is 1710 g/mol. The molecule has 115 heavy (non-hydrogen) atoms. The van der Waals surface area contributed by atoms with Crippen molar-refractivity contribution in [2.45, 2.75) is 186 Å². The van der Waals surface area contributed by atoms with E-state index in [2.05, 4.69) is 272 Å². The van der Waals surface area contributed by atoms with Crippen LogP contribution in [0.5, 0.6) is 0 Å². The summed E-state index contributed by atoms with van der Waals surface area (Å²) in [5.41, 5.74) is 9.47. The molecule has 8 aromatic carbocycles. The second-order valence-electron chi connectivity index (χ2n) is 31.8. The molecule has 5 fully saturated rings. The predicted octanol–water partition coefficient (Wildman–Crippen LogP) is 19.3. The molecule has 6 aliphatic carbocycles. The largest absolute Gasteiger partial charge is 0.0622 e. The summed E-state index contributed by atoms with van der Waals surface area (Å²) in [5, 5.41) is 10.9. The number of guanidine groups is 1. The van der Waals surface area contributed by atoms with Crippen molar-refractivity contribution >= 4 is 141 Å². The van der Waals surface area contributed by atoms with Crippen LogP contribution >= 0.6 is 73.5 Å². The first-order valence-corrected chi connectivity index (χ1v) is 48.2. The zero-order chi connectivity index (χ0) is 79.3. The zero-order valence-electron chi connectivity index (χ0n) is 65.6. The van der Waals surface area contributed by atoms with Crippen LogP contribution in [0.2, 0.25) is 0 Å². The number of aliphatic imine (C=N–C) groups is 2. The van der Waals surface area contributed by atoms with E-state index < -0.39 is 26.9 Å². The Bertz CT molecular complexity index is 4660. The van der Waals surface area contributed by atoms with Gasteiger partial charge in [-0.3, -0.25) is 19.5 Å². The summed E-state index contributed by atoms with van der Waals surface area (Å²) in [6.07, 6.45) is 19.0. The number of ether oxygens (including phenoxy) is 2. The molecule has 10 aromatic rings. The van der Waals surface area contributed by atoms with Crippen LogP contribution in [0.4, 0.5) is 0 Å². The van der Waals surface area contributed by atoms with Crippen molar-refractivity contribution in [3.05, 3.63) is 268 Å². The first-order valence-electron chi connectivity index (χ1n) is 39.1. The molecule has 2 atom stereocenters. The number of halogens is 3. The summed E-state index contributed by atoms with van der Waals surface area (Å²) in [7, 11) is 15.7. The number of fused-ring (bicyclic) bond motifs is 6. The number of rotatable bonds is 12. The summed E-state index contributed by atoms with van der Waals surface area (Å²) in [6.45, 7) is 10.3. The Morgan fingerprint density at radius 3 is 1.23 bits per heavy atom. The minimum atomic E-state index is -0.917. The van der Waals surface area contributed by atoms with E-state index in [1.807, 2.05) is 26.4 Å². The molecule has 4 saturated carbocycles. The standard InChI is InChI=1S/C24H28N4O2S.C19H23BrN2O2.2C18H15P.C12H18BNO2S.2CH4.2ClH.Pd/c1-28-21(29)24(27-22(28)25)18-11-15(19-13-26-20(31-19)14-3-4-14)5-6-16(18)12-23(24)9-7-17(30-2)8-10-23;1-12-21-19(17(23)22(12)2)16-10-14(20)5-4-13(16)11-18(19)8-6-15(24-3)7-9-18;2*1-4-10-16(11-5-1)19(17-12-6-2-7-13-17)18-14-8-3-9-15-18;1-11(2)12(3,4)16-13(15-11)9-7-14-10(17-9)8-5-6-8;;;;;/h5-6,11,13-14,17H,3-4,7-10,12H2,1-2H3,(H2,25,27);4-5,10,15H,6-9,11H2,1-3H3;2*1-15H;7-8H,5-6H2,1-4H3;2*1H4;2*1H;/q;;;;;;;;;+2/p-2. The summed E-state index contributed by atoms with van der Waals surface area (Å²) in [6, 6.07) is 77.6. The Kier molecular flexibility index (Phi) is 29.0. The van der Waals surface area contributed by atoms with Crippen LogP contribution in [0.25, 0.3) is 10.4 Å². The fraction of sp³-hybridized carbons (Fsp3) is 0.376. The predicted molar refractivity (Wildman–Crippen MR) is 483 cm³/mol. The van der Waals surface area contributed by atoms with Crippen LogP contribution in [-0.2, 0) is 68.2 Å². The monoisotopic (exact) mass is 1810 g/mol. The van der Waals surface area contributed by atoms with E-state index in [0.717, 1.165) is 96.0 Å². The molecule has 2 aromatic heterocycles. The average Bonchev–Trinajstić information content (AvgIpc) is 1.53. The van der Waals surface area contributed by atoms with Gasteiger partial charge < -0.3 is 29.4 Å². The normalized spacial score (nSPS) is 23.6. The van der Waals surface area contributed by atoms with E-state index in [9.17, 15) is 9.59 Å². The third-order valence-electron chi connectivity index (χ3n) is 24.4. The SMILES string of the molecule is C.C.CC1(C)OB(c2cnc(C3CC3)s2)OC1(C)C.COC1CCC2(CC1)Cc1ccc(-c3cnc(C4CC4)s3)cc1C21N=C(N)N(C)C1=O.COC1CCC2(CC1)Cc1ccc(Br)cc1C21N=C(C)N(C)C1=O.[Cl][Pd][Cl].c1ccc(P(c2ccccc2)c2ccccc2)cc1.c1ccc(P(c2ccccc2)c2ccccc2)cc1. The van der Waals surface area contributed by atoms with Gasteiger partial charge in [0.05, 0.1) is 43.1 Å². The Morgan fingerprint density at radius 2 is 0.870 bits per heavy atom. The molecule has 2 N–H and O–H groups in total. The smallest absolute Gasteiger partial charge is 0.0134 e. The number of aromatic nitrogens is 2. The number of nitrogens with two attached hydrogens (primary N) is 1. The Morgan fingerprint density at radius 1 is 0.513 bits per heavy atom. The van der Waals surface area contributed by atoms with Crippen molar-refractivity contribution in [1.82, 2.24) is 19.8 Å². The molecule has 1 saturated heterocycles. The van der Waals surface area contributed by atoms with Gasteiger partial charge in [0, 0.05) is 67.8 Å². The molecule has 13 nitrogen and oxygen atoms in total. The van der Waals surface area contributed by atoms with Crippen molar-refractivity contribution in [3.63, 3.8) is 0 Å². The number of amides is 2. The summed E-state index contributed by atoms with van der Waals surface area (Å²) < 4.78 is 25.3. The molecule has 22 heteroatoms. The number of amidine groups is 1. The Hall–Kier alpha value is -6.41. The van der Waals surface area contributed by atoms with Crippen molar-refractivity contribution in [2.24, 2.45) is 26.5 Å². The molecular formula is C93H107BBrCl2N7O6P2PdS2. The van der Waals surface area contributed by atoms with Crippen LogP contribution < -0.4 is 42.3 Å². The average molecular weight is 1810 g/mol. The van der Waals surface area contributed by atoms with Gasteiger partial charge in [-0.1, -0.05) is 231 Å². The van der Waals surface area contributed by atoms with Crippen molar-refractivity contribution in [1.29, 1.82) is 0 Å². The first-order chi connectivity index (χ1) is 54.6. The third kappa shape index (κ3) is 18.2. The van der Waals surface area contributed by atoms with E-state index >= 15 is 0 Å². The van der Waals surface area contributed by atoms with Gasteiger partial charge in [-0.15, -0.1) is 22.7 Å². The molecule has 0 bridgehead atoms. The van der Waals surface area contributed by atoms with Crippen molar-refractivity contribution in [3.8, 4) is 10.4 Å². The summed E-state index contributed by atoms with van der Waals surface area (Å²) >= 11 is 7.00. The van der Waals surface area contributed by atoms with Gasteiger partial charge in [-0.25, -0.2) is 15.0 Å². The van der Waals surface area contributed by atoms with Crippen molar-refractivity contribution < 1.29 is 44.3 Å². The fourth-order valence-electron chi connectivity index (χ4n) is 17.3. The molecule has 2 amide bonds. The topological polar surface area (TPSA) is 154 Å². The van der Waals surface area contributed by atoms with E-state index in [-0.39, 0.29) is 77.9 Å². The zero-order valence-corrected chi connectivity index (χ0v) is 73.7. The van der Waals surface area contributed by atoms with Gasteiger partial charge in [0.1, 0.15) is 5.84 Å². The minimum Gasteiger partial charge on any atom is -0.0622 e. The van der Waals surface area contributed by atoms with E-state index in [1.54, 1.807) is 53.7 Å². The summed E-state index contributed by atoms with van der Waals surface area (Å²) in [4.78, 5) is 50.7. The Balaban J connectivity index is 0.000000133. The quantitative estimate of drug-likeness (QED) is 0.0930. The maximum atomic E-state index is 13.8. The number of thiazole rings is 2. The van der Waals surface area contributed by atoms with Gasteiger partial charge in [0.25, 0.3) is 11.8 Å². The van der Waals surface area contributed by atoms with Crippen LogP contribution in [0.1, 0.15) is 171 Å². The summed E-state index contributed by atoms with van der Waals surface area (Å²) in [5.74, 6) is 2.64. The number of hydrogen-bond acceptors (Lipinski definition) is 13. The Labute approximate surface area is 717 Å². The third-order valence-corrected chi connectivity index (χ3v) is 32.2. The van der Waals surface area contributed by atoms with Gasteiger partial charge >= 0.3 is 42.1 Å². The molecule has 0 radical (unpaired) electrons. The van der Waals surface area contributed by atoms with Gasteiger partial charge in [-0.2, -0.15) is 0 Å². The number of carbonyl (C=O) groups excluding carboxylic acids is 2. The number of benzene rings is 8. The molecule has 2 unspecified atom stereocenters. The van der Waals surface area contributed by atoms with Crippen LogP contribution in [-0.4, -0.2) is 102 Å². The maximum Gasteiger partial charge on any atom is -0.0134 e. The molecule has 3 aliphatic heterocycles. The molecule has 606 valence electrons. The second-order valence-corrected chi connectivity index (χ2v) is 41.6. The molecule has 4 spiro atoms. The van der Waals surface area contributed by atoms with E-state index in [1.165, 1.54) is 83.5 Å². The second kappa shape index (κ2) is 37.9. The maximum absolute atomic E-state index is 13.8. The number of likely N-dealkylation sites (N-methyl/N-ethyl adjacent to an activating group) is 2. The number of methoxy groups -OCH3 is 2. The van der Waals surface area contributed by atoms with Crippen LogP contribution in [0.3, 0.4) is 0 Å². The van der Waals surface area contributed by atoms with E-state index in [4.69, 9.17) is 53.6 Å². The van der Waals surface area contributed by atoms with Crippen LogP contribution in [0, 0.1) is 10.8 Å². The van der Waals surface area contributed by atoms with Gasteiger partial charge in [0.2, 0.25) is 0 Å². The number of hydrogen-bond donors (Lipinski definition) is 1. The molecule has 5 heterocycles. The van der Waals surface area contributed by atoms with Crippen molar-refractivity contribution in [2.75, 3.05) is 28.3 Å².